The van der Waals surface area contributed by atoms with Crippen LogP contribution in [0.1, 0.15) is 39.5 Å². The van der Waals surface area contributed by atoms with Gasteiger partial charge < -0.3 is 15.0 Å². The van der Waals surface area contributed by atoms with Crippen molar-refractivity contribution in [2.45, 2.75) is 57.7 Å². The Balaban J connectivity index is 1.63. The van der Waals surface area contributed by atoms with Crippen molar-refractivity contribution >= 4 is 0 Å². The highest BCUT2D eigenvalue weighted by Gasteiger charge is 2.40. The van der Waals surface area contributed by atoms with Crippen LogP contribution in [0, 0.1) is 11.8 Å². The van der Waals surface area contributed by atoms with E-state index in [4.69, 9.17) is 4.74 Å². The van der Waals surface area contributed by atoms with E-state index in [0.717, 1.165) is 31.1 Å². The van der Waals surface area contributed by atoms with Gasteiger partial charge in [0.1, 0.15) is 0 Å². The van der Waals surface area contributed by atoms with Gasteiger partial charge in [-0.3, -0.25) is 0 Å². The summed E-state index contributed by atoms with van der Waals surface area (Å²) < 4.78 is 5.51. The molecule has 2 aliphatic heterocycles. The Bertz CT molecular complexity index is 262. The second-order valence-corrected chi connectivity index (χ2v) is 6.75. The Morgan fingerprint density at radius 1 is 1.11 bits per heavy atom. The molecule has 3 fully saturated rings. The van der Waals surface area contributed by atoms with E-state index >= 15 is 0 Å². The summed E-state index contributed by atoms with van der Waals surface area (Å²) in [6.07, 6.45) is 5.50. The molecule has 3 heteroatoms. The summed E-state index contributed by atoms with van der Waals surface area (Å²) in [5.41, 5.74) is 0. The summed E-state index contributed by atoms with van der Waals surface area (Å²) in [4.78, 5) is 2.69. The lowest BCUT2D eigenvalue weighted by Crippen LogP contribution is -2.60. The average Bonchev–Trinajstić information content (AvgIpc) is 2.81. The minimum atomic E-state index is 0.628. The summed E-state index contributed by atoms with van der Waals surface area (Å²) in [6, 6.07) is 2.10. The molecule has 3 unspecified atom stereocenters. The van der Waals surface area contributed by atoms with E-state index in [0.29, 0.717) is 12.1 Å². The number of piperidine rings is 1. The normalized spacial score (nSPS) is 41.5. The van der Waals surface area contributed by atoms with Gasteiger partial charge in [0.25, 0.3) is 0 Å². The molecule has 3 nitrogen and oxygen atoms in total. The van der Waals surface area contributed by atoms with E-state index in [1.165, 1.54) is 38.8 Å². The van der Waals surface area contributed by atoms with Crippen LogP contribution in [0.25, 0.3) is 0 Å². The van der Waals surface area contributed by atoms with Gasteiger partial charge in [0.05, 0.1) is 6.61 Å². The third-order valence-electron chi connectivity index (χ3n) is 5.19. The number of rotatable bonds is 3. The molecule has 2 bridgehead atoms. The van der Waals surface area contributed by atoms with Gasteiger partial charge in [-0.1, -0.05) is 6.42 Å². The van der Waals surface area contributed by atoms with E-state index < -0.39 is 0 Å². The van der Waals surface area contributed by atoms with Gasteiger partial charge in [0.2, 0.25) is 0 Å². The van der Waals surface area contributed by atoms with Gasteiger partial charge >= 0.3 is 0 Å². The smallest absolute Gasteiger partial charge is 0.0620 e. The van der Waals surface area contributed by atoms with Crippen molar-refractivity contribution in [1.82, 2.24) is 10.2 Å². The predicted octanol–water partition coefficient (Wildman–Crippen LogP) is 1.87. The van der Waals surface area contributed by atoms with Crippen molar-refractivity contribution in [3.05, 3.63) is 0 Å². The van der Waals surface area contributed by atoms with Crippen molar-refractivity contribution in [1.29, 1.82) is 0 Å². The monoisotopic (exact) mass is 252 g/mol. The first-order valence-corrected chi connectivity index (χ1v) is 7.82. The Morgan fingerprint density at radius 2 is 1.83 bits per heavy atom. The third kappa shape index (κ3) is 2.59. The molecule has 3 atom stereocenters. The third-order valence-corrected chi connectivity index (χ3v) is 5.19. The van der Waals surface area contributed by atoms with Gasteiger partial charge in [0.15, 0.2) is 0 Å². The van der Waals surface area contributed by atoms with Crippen LogP contribution in [0.2, 0.25) is 0 Å². The Morgan fingerprint density at radius 3 is 2.39 bits per heavy atom. The number of ether oxygens (including phenoxy) is 1. The van der Waals surface area contributed by atoms with Gasteiger partial charge in [-0.25, -0.2) is 0 Å². The molecule has 1 aliphatic carbocycles. The Hall–Kier alpha value is -0.120. The quantitative estimate of drug-likeness (QED) is 0.830. The molecule has 18 heavy (non-hydrogen) atoms. The lowest BCUT2D eigenvalue weighted by atomic mass is 9.73. The summed E-state index contributed by atoms with van der Waals surface area (Å²) in [7, 11) is 0. The van der Waals surface area contributed by atoms with Gasteiger partial charge in [-0.05, 0) is 44.9 Å². The highest BCUT2D eigenvalue weighted by atomic mass is 16.5. The summed E-state index contributed by atoms with van der Waals surface area (Å²) in [5, 5.41) is 3.93. The number of nitrogens with zero attached hydrogens (tertiary/aromatic N) is 1. The SMILES string of the molecule is CC(C)N1CC2CCCC(C1)C2NC1CCOC1. The Kier molecular flexibility index (Phi) is 3.92. The maximum absolute atomic E-state index is 5.51. The van der Waals surface area contributed by atoms with Crippen molar-refractivity contribution in [2.75, 3.05) is 26.3 Å². The molecule has 3 aliphatic rings. The number of hydrogen-bond acceptors (Lipinski definition) is 3. The number of likely N-dealkylation sites (tertiary alicyclic amines) is 1. The van der Waals surface area contributed by atoms with Gasteiger partial charge in [0, 0.05) is 37.8 Å². The number of fused-ring (bicyclic) bond motifs is 2. The topological polar surface area (TPSA) is 24.5 Å². The molecular weight excluding hydrogens is 224 g/mol. The van der Waals surface area contributed by atoms with Crippen molar-refractivity contribution in [3.8, 4) is 0 Å². The summed E-state index contributed by atoms with van der Waals surface area (Å²) in [5.74, 6) is 1.75. The molecule has 1 N–H and O–H groups in total. The largest absolute Gasteiger partial charge is 0.380 e. The van der Waals surface area contributed by atoms with E-state index in [2.05, 4.69) is 24.1 Å². The van der Waals surface area contributed by atoms with Gasteiger partial charge in [-0.15, -0.1) is 0 Å². The molecular formula is C15H28N2O. The van der Waals surface area contributed by atoms with Gasteiger partial charge in [-0.2, -0.15) is 0 Å². The standard InChI is InChI=1S/C15H28N2O/c1-11(2)17-8-12-4-3-5-13(9-17)15(12)16-14-6-7-18-10-14/h11-16H,3-10H2,1-2H3. The second-order valence-electron chi connectivity index (χ2n) is 6.75. The van der Waals surface area contributed by atoms with Crippen LogP contribution in [0.5, 0.6) is 0 Å². The van der Waals surface area contributed by atoms with Crippen LogP contribution in [0.3, 0.4) is 0 Å². The molecule has 3 rings (SSSR count). The summed E-state index contributed by atoms with van der Waals surface area (Å²) in [6.45, 7) is 9.18. The van der Waals surface area contributed by atoms with Crippen LogP contribution < -0.4 is 5.32 Å². The lowest BCUT2D eigenvalue weighted by molar-refractivity contribution is 0.0243. The molecule has 0 aromatic rings. The van der Waals surface area contributed by atoms with Crippen LogP contribution in [-0.2, 0) is 4.74 Å². The van der Waals surface area contributed by atoms with Crippen LogP contribution >= 0.6 is 0 Å². The summed E-state index contributed by atoms with van der Waals surface area (Å²) >= 11 is 0. The maximum Gasteiger partial charge on any atom is 0.0620 e. The molecule has 0 spiro atoms. The zero-order valence-corrected chi connectivity index (χ0v) is 11.9. The lowest BCUT2D eigenvalue weighted by Gasteiger charge is -2.49. The van der Waals surface area contributed by atoms with E-state index in [1.807, 2.05) is 0 Å². The molecule has 104 valence electrons. The number of hydrogen-bond donors (Lipinski definition) is 1. The zero-order chi connectivity index (χ0) is 12.5. The van der Waals surface area contributed by atoms with Crippen LogP contribution in [0.15, 0.2) is 0 Å². The fraction of sp³-hybridized carbons (Fsp3) is 1.00. The molecule has 2 heterocycles. The van der Waals surface area contributed by atoms with Crippen LogP contribution in [-0.4, -0.2) is 49.3 Å². The minimum absolute atomic E-state index is 0.628. The average molecular weight is 252 g/mol. The molecule has 2 saturated heterocycles. The highest BCUT2D eigenvalue weighted by molar-refractivity contribution is 4.97. The molecule has 0 aromatic heterocycles. The maximum atomic E-state index is 5.51. The molecule has 1 saturated carbocycles. The molecule has 0 radical (unpaired) electrons. The van der Waals surface area contributed by atoms with E-state index in [9.17, 15) is 0 Å². The predicted molar refractivity (Wildman–Crippen MR) is 73.7 cm³/mol. The van der Waals surface area contributed by atoms with Crippen molar-refractivity contribution < 1.29 is 4.74 Å². The number of nitrogens with one attached hydrogen (secondary N) is 1. The fourth-order valence-electron chi connectivity index (χ4n) is 4.10. The molecule has 0 amide bonds. The minimum Gasteiger partial charge on any atom is -0.380 e. The van der Waals surface area contributed by atoms with Crippen molar-refractivity contribution in [2.24, 2.45) is 11.8 Å². The first-order valence-electron chi connectivity index (χ1n) is 7.82. The second kappa shape index (κ2) is 5.48. The van der Waals surface area contributed by atoms with E-state index in [1.54, 1.807) is 0 Å². The van der Waals surface area contributed by atoms with E-state index in [-0.39, 0.29) is 0 Å². The first-order chi connectivity index (χ1) is 8.74. The molecule has 0 aromatic carbocycles. The highest BCUT2D eigenvalue weighted by Crippen LogP contribution is 2.36. The fourth-order valence-corrected chi connectivity index (χ4v) is 4.10. The van der Waals surface area contributed by atoms with Crippen LogP contribution in [0.4, 0.5) is 0 Å². The first kappa shape index (κ1) is 12.9. The zero-order valence-electron chi connectivity index (χ0n) is 11.9. The van der Waals surface area contributed by atoms with Crippen molar-refractivity contribution in [3.63, 3.8) is 0 Å². The Labute approximate surface area is 111 Å².